The van der Waals surface area contributed by atoms with Crippen LogP contribution in [-0.4, -0.2) is 22.9 Å². The van der Waals surface area contributed by atoms with Gasteiger partial charge in [0, 0.05) is 10.9 Å². The van der Waals surface area contributed by atoms with Crippen LogP contribution in [0, 0.1) is 0 Å². The average molecular weight is 292 g/mol. The standard InChI is InChI=1S/C16H24N2OS/c1-2-13-16(19)18(12-8-5-3-4-6-9-12)15(17-13)14-10-7-11-20-14/h7,10-13,15,17H,2-6,8-9H2,1H3. The van der Waals surface area contributed by atoms with E-state index in [0.717, 1.165) is 6.42 Å². The summed E-state index contributed by atoms with van der Waals surface area (Å²) in [6, 6.07) is 4.67. The van der Waals surface area contributed by atoms with Gasteiger partial charge in [-0.1, -0.05) is 38.7 Å². The molecule has 0 spiro atoms. The van der Waals surface area contributed by atoms with Crippen molar-refractivity contribution in [1.82, 2.24) is 10.2 Å². The molecule has 1 aliphatic carbocycles. The number of rotatable bonds is 3. The van der Waals surface area contributed by atoms with Crippen molar-refractivity contribution in [2.45, 2.75) is 70.1 Å². The van der Waals surface area contributed by atoms with E-state index in [-0.39, 0.29) is 12.2 Å². The largest absolute Gasteiger partial charge is 0.318 e. The monoisotopic (exact) mass is 292 g/mol. The molecule has 1 saturated heterocycles. The van der Waals surface area contributed by atoms with Gasteiger partial charge in [0.05, 0.1) is 6.04 Å². The summed E-state index contributed by atoms with van der Waals surface area (Å²) in [6.45, 7) is 2.09. The van der Waals surface area contributed by atoms with Crippen LogP contribution in [0.2, 0.25) is 0 Å². The second kappa shape index (κ2) is 6.27. The Kier molecular flexibility index (Phi) is 4.41. The Morgan fingerprint density at radius 3 is 2.65 bits per heavy atom. The molecule has 2 fully saturated rings. The molecule has 2 aliphatic rings. The summed E-state index contributed by atoms with van der Waals surface area (Å²) in [5, 5.41) is 5.65. The van der Waals surface area contributed by atoms with Crippen molar-refractivity contribution in [3.63, 3.8) is 0 Å². The molecule has 0 aromatic carbocycles. The van der Waals surface area contributed by atoms with Crippen molar-refractivity contribution in [2.24, 2.45) is 0 Å². The number of carbonyl (C=O) groups excluding carboxylic acids is 1. The predicted octanol–water partition coefficient (Wildman–Crippen LogP) is 3.68. The molecule has 2 heterocycles. The van der Waals surface area contributed by atoms with E-state index < -0.39 is 0 Å². The first-order valence-electron chi connectivity index (χ1n) is 7.93. The van der Waals surface area contributed by atoms with Gasteiger partial charge in [-0.3, -0.25) is 10.1 Å². The van der Waals surface area contributed by atoms with Crippen molar-refractivity contribution in [1.29, 1.82) is 0 Å². The molecular weight excluding hydrogens is 268 g/mol. The lowest BCUT2D eigenvalue weighted by atomic mass is 10.1. The van der Waals surface area contributed by atoms with Gasteiger partial charge in [0.15, 0.2) is 0 Å². The second-order valence-corrected chi connectivity index (χ2v) is 6.92. The fourth-order valence-electron chi connectivity index (χ4n) is 3.53. The Hall–Kier alpha value is -0.870. The molecule has 2 unspecified atom stereocenters. The Morgan fingerprint density at radius 2 is 2.05 bits per heavy atom. The molecule has 1 aliphatic heterocycles. The lowest BCUT2D eigenvalue weighted by Crippen LogP contribution is -2.39. The molecular formula is C16H24N2OS. The van der Waals surface area contributed by atoms with Crippen LogP contribution < -0.4 is 5.32 Å². The SMILES string of the molecule is CCC1NC(c2cccs2)N(C2CCCCCC2)C1=O. The number of amides is 1. The van der Waals surface area contributed by atoms with Crippen molar-refractivity contribution >= 4 is 17.2 Å². The van der Waals surface area contributed by atoms with Crippen molar-refractivity contribution in [3.8, 4) is 0 Å². The molecule has 20 heavy (non-hydrogen) atoms. The van der Waals surface area contributed by atoms with Crippen LogP contribution in [0.4, 0.5) is 0 Å². The van der Waals surface area contributed by atoms with Gasteiger partial charge >= 0.3 is 0 Å². The smallest absolute Gasteiger partial charge is 0.241 e. The summed E-state index contributed by atoms with van der Waals surface area (Å²) in [7, 11) is 0. The quantitative estimate of drug-likeness (QED) is 0.862. The maximum Gasteiger partial charge on any atom is 0.241 e. The van der Waals surface area contributed by atoms with Crippen molar-refractivity contribution in [2.75, 3.05) is 0 Å². The minimum Gasteiger partial charge on any atom is -0.318 e. The van der Waals surface area contributed by atoms with Crippen molar-refractivity contribution < 1.29 is 4.79 Å². The lowest BCUT2D eigenvalue weighted by Gasteiger charge is -2.31. The molecule has 110 valence electrons. The minimum absolute atomic E-state index is 0.00496. The summed E-state index contributed by atoms with van der Waals surface area (Å²) in [6.07, 6.45) is 8.52. The highest BCUT2D eigenvalue weighted by Crippen LogP contribution is 2.35. The molecule has 1 N–H and O–H groups in total. The molecule has 1 aromatic heterocycles. The first-order valence-corrected chi connectivity index (χ1v) is 8.81. The van der Waals surface area contributed by atoms with E-state index >= 15 is 0 Å². The van der Waals surface area contributed by atoms with E-state index in [2.05, 4.69) is 34.7 Å². The summed E-state index contributed by atoms with van der Waals surface area (Å²) in [5.74, 6) is 0.317. The Morgan fingerprint density at radius 1 is 1.30 bits per heavy atom. The summed E-state index contributed by atoms with van der Waals surface area (Å²) < 4.78 is 0. The van der Waals surface area contributed by atoms with Gasteiger partial charge in [-0.05, 0) is 30.7 Å². The van der Waals surface area contributed by atoms with E-state index in [1.54, 1.807) is 11.3 Å². The highest BCUT2D eigenvalue weighted by atomic mass is 32.1. The van der Waals surface area contributed by atoms with Crippen LogP contribution in [-0.2, 0) is 4.79 Å². The third-order valence-electron chi connectivity index (χ3n) is 4.63. The molecule has 0 radical (unpaired) electrons. The number of nitrogens with zero attached hydrogens (tertiary/aromatic N) is 1. The van der Waals surface area contributed by atoms with Crippen LogP contribution in [0.15, 0.2) is 17.5 Å². The van der Waals surface area contributed by atoms with Gasteiger partial charge < -0.3 is 4.90 Å². The first-order chi connectivity index (χ1) is 9.81. The maximum atomic E-state index is 12.7. The fourth-order valence-corrected chi connectivity index (χ4v) is 4.32. The molecule has 3 rings (SSSR count). The summed E-state index contributed by atoms with van der Waals surface area (Å²) in [5.41, 5.74) is 0. The van der Waals surface area contributed by atoms with E-state index in [1.807, 2.05) is 0 Å². The first kappa shape index (κ1) is 14.1. The molecule has 1 saturated carbocycles. The van der Waals surface area contributed by atoms with Gasteiger partial charge in [-0.25, -0.2) is 0 Å². The Labute approximate surface area is 125 Å². The maximum absolute atomic E-state index is 12.7. The normalized spacial score (nSPS) is 28.9. The number of nitrogens with one attached hydrogen (secondary N) is 1. The minimum atomic E-state index is 0.00496. The van der Waals surface area contributed by atoms with Crippen LogP contribution in [0.25, 0.3) is 0 Å². The highest BCUT2D eigenvalue weighted by Gasteiger charge is 2.42. The van der Waals surface area contributed by atoms with Gasteiger partial charge in [-0.15, -0.1) is 11.3 Å². The third kappa shape index (κ3) is 2.63. The van der Waals surface area contributed by atoms with Crippen LogP contribution in [0.1, 0.15) is 62.9 Å². The van der Waals surface area contributed by atoms with E-state index in [0.29, 0.717) is 11.9 Å². The van der Waals surface area contributed by atoms with Crippen LogP contribution in [0.5, 0.6) is 0 Å². The summed E-state index contributed by atoms with van der Waals surface area (Å²) in [4.78, 5) is 16.2. The van der Waals surface area contributed by atoms with E-state index in [4.69, 9.17) is 0 Å². The van der Waals surface area contributed by atoms with Crippen LogP contribution in [0.3, 0.4) is 0 Å². The zero-order chi connectivity index (χ0) is 13.9. The number of carbonyl (C=O) groups is 1. The zero-order valence-corrected chi connectivity index (χ0v) is 13.0. The number of hydrogen-bond acceptors (Lipinski definition) is 3. The zero-order valence-electron chi connectivity index (χ0n) is 12.2. The highest BCUT2D eigenvalue weighted by molar-refractivity contribution is 7.10. The summed E-state index contributed by atoms with van der Waals surface area (Å²) >= 11 is 1.75. The van der Waals surface area contributed by atoms with Gasteiger partial charge in [-0.2, -0.15) is 0 Å². The van der Waals surface area contributed by atoms with Gasteiger partial charge in [0.1, 0.15) is 6.17 Å². The third-order valence-corrected chi connectivity index (χ3v) is 5.55. The predicted molar refractivity (Wildman–Crippen MR) is 82.6 cm³/mol. The number of thiophene rings is 1. The molecule has 2 atom stereocenters. The Balaban J connectivity index is 1.85. The second-order valence-electron chi connectivity index (χ2n) is 5.94. The number of hydrogen-bond donors (Lipinski definition) is 1. The van der Waals surface area contributed by atoms with Gasteiger partial charge in [0.2, 0.25) is 5.91 Å². The Bertz CT molecular complexity index is 437. The molecule has 1 amide bonds. The molecule has 0 bridgehead atoms. The average Bonchev–Trinajstić information content (AvgIpc) is 3.00. The molecule has 3 nitrogen and oxygen atoms in total. The fraction of sp³-hybridized carbons (Fsp3) is 0.688. The van der Waals surface area contributed by atoms with E-state index in [1.165, 1.54) is 43.4 Å². The topological polar surface area (TPSA) is 32.3 Å². The van der Waals surface area contributed by atoms with E-state index in [9.17, 15) is 4.79 Å². The molecule has 4 heteroatoms. The van der Waals surface area contributed by atoms with Crippen LogP contribution >= 0.6 is 11.3 Å². The van der Waals surface area contributed by atoms with Crippen molar-refractivity contribution in [3.05, 3.63) is 22.4 Å². The lowest BCUT2D eigenvalue weighted by molar-refractivity contribution is -0.132. The van der Waals surface area contributed by atoms with Gasteiger partial charge in [0.25, 0.3) is 0 Å². The molecule has 1 aromatic rings.